The highest BCUT2D eigenvalue weighted by Crippen LogP contribution is 2.48. The molecule has 1 fully saturated rings. The van der Waals surface area contributed by atoms with Gasteiger partial charge in [-0.05, 0) is 68.9 Å². The Balaban J connectivity index is 1.64. The summed E-state index contributed by atoms with van der Waals surface area (Å²) in [6.07, 6.45) is 6.82. The first-order chi connectivity index (χ1) is 15.1. The zero-order valence-electron chi connectivity index (χ0n) is 19.1. The Bertz CT molecular complexity index is 1030. The molecule has 1 aromatic carbocycles. The first-order valence-corrected chi connectivity index (χ1v) is 12.7. The van der Waals surface area contributed by atoms with E-state index in [0.717, 1.165) is 25.4 Å². The molecule has 166 valence electrons. The van der Waals surface area contributed by atoms with Crippen molar-refractivity contribution in [1.29, 1.82) is 0 Å². The van der Waals surface area contributed by atoms with Crippen LogP contribution in [-0.2, 0) is 6.54 Å². The number of thiophene rings is 1. The van der Waals surface area contributed by atoms with E-state index in [4.69, 9.17) is 4.74 Å². The summed E-state index contributed by atoms with van der Waals surface area (Å²) in [7, 11) is 4.26. The lowest BCUT2D eigenvalue weighted by atomic mass is 9.83. The van der Waals surface area contributed by atoms with Crippen molar-refractivity contribution in [2.24, 2.45) is 0 Å². The molecule has 0 radical (unpaired) electrons. The van der Waals surface area contributed by atoms with Gasteiger partial charge in [-0.1, -0.05) is 31.4 Å². The van der Waals surface area contributed by atoms with E-state index in [1.807, 2.05) is 11.3 Å². The van der Waals surface area contributed by atoms with Crippen molar-refractivity contribution in [1.82, 2.24) is 14.8 Å². The van der Waals surface area contributed by atoms with Crippen LogP contribution >= 0.6 is 11.3 Å². The summed E-state index contributed by atoms with van der Waals surface area (Å²) in [5, 5.41) is 6.08. The quantitative estimate of drug-likeness (QED) is 0.554. The molecule has 3 heterocycles. The van der Waals surface area contributed by atoms with Crippen LogP contribution in [0.25, 0.3) is 21.5 Å². The molecular formula is C26H35N3OS. The molecule has 4 nitrogen and oxygen atoms in total. The molecule has 31 heavy (non-hydrogen) atoms. The standard InChI is InChI=1S/C26H35N3OS/c1-18-21(27-14-15-28(2)3)17-29-22-13-16-31-26(22)24(19-9-5-4-6-10-19)25(29)20-11-7-8-12-23(20)30-18/h7-8,11-13,16,18-19,21,27H,4-6,9-10,14-15,17H2,1-3H3. The van der Waals surface area contributed by atoms with Crippen LogP contribution in [0, 0.1) is 0 Å². The lowest BCUT2D eigenvalue weighted by Crippen LogP contribution is -2.47. The van der Waals surface area contributed by atoms with Crippen LogP contribution < -0.4 is 10.1 Å². The third-order valence-corrected chi connectivity index (χ3v) is 8.02. The Morgan fingerprint density at radius 3 is 2.74 bits per heavy atom. The van der Waals surface area contributed by atoms with E-state index in [1.165, 1.54) is 53.6 Å². The maximum atomic E-state index is 6.59. The molecule has 5 rings (SSSR count). The predicted octanol–water partition coefficient (Wildman–Crippen LogP) is 5.72. The molecule has 1 saturated carbocycles. The highest BCUT2D eigenvalue weighted by molar-refractivity contribution is 7.17. The zero-order chi connectivity index (χ0) is 21.4. The van der Waals surface area contributed by atoms with E-state index in [-0.39, 0.29) is 12.1 Å². The third-order valence-electron chi connectivity index (χ3n) is 7.08. The van der Waals surface area contributed by atoms with E-state index in [0.29, 0.717) is 5.92 Å². The maximum Gasteiger partial charge on any atom is 0.129 e. The topological polar surface area (TPSA) is 29.4 Å². The van der Waals surface area contributed by atoms with Crippen molar-refractivity contribution in [3.63, 3.8) is 0 Å². The molecule has 2 unspecified atom stereocenters. The Labute approximate surface area is 190 Å². The van der Waals surface area contributed by atoms with Gasteiger partial charge in [-0.2, -0.15) is 0 Å². The highest BCUT2D eigenvalue weighted by atomic mass is 32.1. The summed E-state index contributed by atoms with van der Waals surface area (Å²) < 4.78 is 10.7. The van der Waals surface area contributed by atoms with Gasteiger partial charge >= 0.3 is 0 Å². The fourth-order valence-corrected chi connectivity index (χ4v) is 6.46. The molecule has 1 aliphatic carbocycles. The number of fused-ring (bicyclic) bond motifs is 5. The molecule has 2 atom stereocenters. The van der Waals surface area contributed by atoms with Crippen LogP contribution in [0.15, 0.2) is 35.7 Å². The Kier molecular flexibility index (Phi) is 6.09. The van der Waals surface area contributed by atoms with Gasteiger partial charge < -0.3 is 19.5 Å². The van der Waals surface area contributed by atoms with Gasteiger partial charge in [0.05, 0.1) is 22.0 Å². The Morgan fingerprint density at radius 2 is 1.94 bits per heavy atom. The second-order valence-electron chi connectivity index (χ2n) is 9.53. The van der Waals surface area contributed by atoms with Gasteiger partial charge in [0.15, 0.2) is 0 Å². The lowest BCUT2D eigenvalue weighted by molar-refractivity contribution is 0.156. The molecule has 5 heteroatoms. The van der Waals surface area contributed by atoms with Crippen molar-refractivity contribution in [3.8, 4) is 17.0 Å². The molecular weight excluding hydrogens is 402 g/mol. The second kappa shape index (κ2) is 8.97. The minimum Gasteiger partial charge on any atom is -0.488 e. The Hall–Kier alpha value is -1.82. The minimum absolute atomic E-state index is 0.102. The summed E-state index contributed by atoms with van der Waals surface area (Å²) in [5.41, 5.74) is 5.67. The van der Waals surface area contributed by atoms with Crippen LogP contribution in [0.4, 0.5) is 0 Å². The van der Waals surface area contributed by atoms with E-state index in [9.17, 15) is 0 Å². The molecule has 0 amide bonds. The van der Waals surface area contributed by atoms with Crippen LogP contribution in [0.5, 0.6) is 5.75 Å². The molecule has 0 spiro atoms. The number of hydrogen-bond acceptors (Lipinski definition) is 4. The van der Waals surface area contributed by atoms with Gasteiger partial charge in [-0.3, -0.25) is 0 Å². The number of hydrogen-bond donors (Lipinski definition) is 1. The summed E-state index contributed by atoms with van der Waals surface area (Å²) >= 11 is 1.92. The van der Waals surface area contributed by atoms with Crippen molar-refractivity contribution in [2.75, 3.05) is 27.2 Å². The number of benzene rings is 1. The molecule has 0 saturated heterocycles. The van der Waals surface area contributed by atoms with Crippen LogP contribution in [0.3, 0.4) is 0 Å². The monoisotopic (exact) mass is 437 g/mol. The Morgan fingerprint density at radius 1 is 1.13 bits per heavy atom. The maximum absolute atomic E-state index is 6.59. The van der Waals surface area contributed by atoms with E-state index >= 15 is 0 Å². The average Bonchev–Trinajstić information content (AvgIpc) is 3.34. The summed E-state index contributed by atoms with van der Waals surface area (Å²) in [4.78, 5) is 2.23. The van der Waals surface area contributed by atoms with Gasteiger partial charge in [0.2, 0.25) is 0 Å². The van der Waals surface area contributed by atoms with Crippen LogP contribution in [0.1, 0.15) is 50.5 Å². The zero-order valence-corrected chi connectivity index (χ0v) is 19.9. The first-order valence-electron chi connectivity index (χ1n) is 11.9. The van der Waals surface area contributed by atoms with Gasteiger partial charge in [0.1, 0.15) is 11.9 Å². The summed E-state index contributed by atoms with van der Waals surface area (Å²) in [6, 6.07) is 11.3. The second-order valence-corrected chi connectivity index (χ2v) is 10.4. The molecule has 1 aliphatic heterocycles. The molecule has 0 bridgehead atoms. The highest BCUT2D eigenvalue weighted by Gasteiger charge is 2.32. The number of nitrogens with one attached hydrogen (secondary N) is 1. The lowest BCUT2D eigenvalue weighted by Gasteiger charge is -2.32. The third kappa shape index (κ3) is 4.04. The van der Waals surface area contributed by atoms with Gasteiger partial charge in [-0.25, -0.2) is 0 Å². The summed E-state index contributed by atoms with van der Waals surface area (Å²) in [6.45, 7) is 5.15. The molecule has 2 aromatic heterocycles. The van der Waals surface area contributed by atoms with Crippen molar-refractivity contribution < 1.29 is 4.74 Å². The summed E-state index contributed by atoms with van der Waals surface area (Å²) in [5.74, 6) is 1.69. The van der Waals surface area contributed by atoms with Crippen molar-refractivity contribution in [2.45, 2.75) is 63.6 Å². The fraction of sp³-hybridized carbons (Fsp3) is 0.538. The minimum atomic E-state index is 0.102. The fourth-order valence-electron chi connectivity index (χ4n) is 5.44. The van der Waals surface area contributed by atoms with Crippen molar-refractivity contribution >= 4 is 21.6 Å². The van der Waals surface area contributed by atoms with Gasteiger partial charge in [0, 0.05) is 25.2 Å². The van der Waals surface area contributed by atoms with E-state index in [2.05, 4.69) is 71.5 Å². The van der Waals surface area contributed by atoms with Crippen LogP contribution in [-0.4, -0.2) is 48.8 Å². The first kappa shape index (κ1) is 21.0. The number of ether oxygens (including phenoxy) is 1. The van der Waals surface area contributed by atoms with E-state index < -0.39 is 0 Å². The van der Waals surface area contributed by atoms with Crippen LogP contribution in [0.2, 0.25) is 0 Å². The molecule has 2 aliphatic rings. The number of likely N-dealkylation sites (N-methyl/N-ethyl adjacent to an activating group) is 1. The number of rotatable bonds is 5. The number of para-hydroxylation sites is 1. The van der Waals surface area contributed by atoms with Crippen molar-refractivity contribution in [3.05, 3.63) is 41.3 Å². The molecule has 3 aromatic rings. The SMILES string of the molecule is CC1Oc2ccccc2-c2c(C3CCCCC3)c3sccc3n2CC1NCCN(C)C. The van der Waals surface area contributed by atoms with Gasteiger partial charge in [0.25, 0.3) is 0 Å². The van der Waals surface area contributed by atoms with Gasteiger partial charge in [-0.15, -0.1) is 11.3 Å². The smallest absolute Gasteiger partial charge is 0.129 e. The van der Waals surface area contributed by atoms with E-state index in [1.54, 1.807) is 5.56 Å². The number of aromatic nitrogens is 1. The normalized spacial score (nSPS) is 22.1. The largest absolute Gasteiger partial charge is 0.488 e. The predicted molar refractivity (Wildman–Crippen MR) is 132 cm³/mol. The number of nitrogens with zero attached hydrogens (tertiary/aromatic N) is 2. The average molecular weight is 438 g/mol. The molecule has 1 N–H and O–H groups in total.